The highest BCUT2D eigenvalue weighted by molar-refractivity contribution is 5.99. The Morgan fingerprint density at radius 3 is 2.65 bits per heavy atom. The molecule has 1 heterocycles. The number of rotatable bonds is 6. The molecule has 0 radical (unpaired) electrons. The minimum absolute atomic E-state index is 0.154. The number of hydrogen-bond donors (Lipinski definition) is 1. The third kappa shape index (κ3) is 4.33. The van der Waals surface area contributed by atoms with E-state index in [0.29, 0.717) is 23.8 Å². The maximum Gasteiger partial charge on any atom is 0.284 e. The fourth-order valence-electron chi connectivity index (χ4n) is 2.44. The van der Waals surface area contributed by atoms with Gasteiger partial charge in [-0.2, -0.15) is 5.10 Å². The average molecular weight is 354 g/mol. The van der Waals surface area contributed by atoms with E-state index in [9.17, 15) is 4.79 Å². The van der Waals surface area contributed by atoms with Crippen molar-refractivity contribution < 1.29 is 19.0 Å². The molecule has 0 unspecified atom stereocenters. The maximum atomic E-state index is 12.3. The van der Waals surface area contributed by atoms with Crippen molar-refractivity contribution >= 4 is 11.6 Å². The van der Waals surface area contributed by atoms with E-state index < -0.39 is 6.10 Å². The minimum atomic E-state index is -0.730. The Kier molecular flexibility index (Phi) is 5.73. The van der Waals surface area contributed by atoms with Crippen LogP contribution in [0.25, 0.3) is 0 Å². The van der Waals surface area contributed by atoms with Crippen LogP contribution in [0.3, 0.4) is 0 Å². The zero-order valence-electron chi connectivity index (χ0n) is 14.9. The van der Waals surface area contributed by atoms with Crippen molar-refractivity contribution in [2.75, 3.05) is 13.2 Å². The highest BCUT2D eigenvalue weighted by Gasteiger charge is 2.27. The van der Waals surface area contributed by atoms with Crippen LogP contribution >= 0.6 is 0 Å². The van der Waals surface area contributed by atoms with Crippen molar-refractivity contribution in [3.63, 3.8) is 0 Å². The van der Waals surface area contributed by atoms with E-state index in [4.69, 9.17) is 14.2 Å². The molecule has 0 saturated carbocycles. The Hall–Kier alpha value is -3.02. The zero-order valence-corrected chi connectivity index (χ0v) is 14.9. The summed E-state index contributed by atoms with van der Waals surface area (Å²) >= 11 is 0. The van der Waals surface area contributed by atoms with E-state index in [1.807, 2.05) is 43.3 Å². The molecular formula is C20H22N2O4. The number of para-hydroxylation sites is 2. The largest absolute Gasteiger partial charge is 0.494 e. The molecule has 3 rings (SSSR count). The third-order valence-electron chi connectivity index (χ3n) is 3.88. The fourth-order valence-corrected chi connectivity index (χ4v) is 2.44. The van der Waals surface area contributed by atoms with Crippen molar-refractivity contribution in [3.8, 4) is 17.2 Å². The fraction of sp³-hybridized carbons (Fsp3) is 0.300. The Balaban J connectivity index is 1.58. The van der Waals surface area contributed by atoms with Crippen molar-refractivity contribution in [1.29, 1.82) is 0 Å². The van der Waals surface area contributed by atoms with Gasteiger partial charge in [-0.05, 0) is 55.3 Å². The topological polar surface area (TPSA) is 69.2 Å². The van der Waals surface area contributed by atoms with E-state index >= 15 is 0 Å². The number of fused-ring (bicyclic) bond motifs is 1. The SMILES string of the molecule is CCCOc1ccc(/C(C)=N\NC(=O)[C@@H]2COc3ccccc3O2)cc1. The van der Waals surface area contributed by atoms with Gasteiger partial charge in [0.1, 0.15) is 12.4 Å². The predicted octanol–water partition coefficient (Wildman–Crippen LogP) is 3.16. The van der Waals surface area contributed by atoms with E-state index in [1.165, 1.54) is 0 Å². The monoisotopic (exact) mass is 354 g/mol. The molecule has 0 saturated heterocycles. The number of hydrazone groups is 1. The van der Waals surface area contributed by atoms with E-state index in [0.717, 1.165) is 17.7 Å². The van der Waals surface area contributed by atoms with Crippen LogP contribution in [0.5, 0.6) is 17.2 Å². The molecule has 1 atom stereocenters. The summed E-state index contributed by atoms with van der Waals surface area (Å²) in [7, 11) is 0. The van der Waals surface area contributed by atoms with Gasteiger partial charge in [-0.3, -0.25) is 4.79 Å². The van der Waals surface area contributed by atoms with E-state index in [-0.39, 0.29) is 12.5 Å². The molecule has 6 heteroatoms. The number of nitrogens with zero attached hydrogens (tertiary/aromatic N) is 1. The molecule has 6 nitrogen and oxygen atoms in total. The molecule has 0 aromatic heterocycles. The number of hydrogen-bond acceptors (Lipinski definition) is 5. The molecule has 1 N–H and O–H groups in total. The molecule has 1 amide bonds. The van der Waals surface area contributed by atoms with Crippen LogP contribution < -0.4 is 19.6 Å². The number of benzene rings is 2. The lowest BCUT2D eigenvalue weighted by Gasteiger charge is -2.24. The molecule has 2 aromatic rings. The third-order valence-corrected chi connectivity index (χ3v) is 3.88. The lowest BCUT2D eigenvalue weighted by molar-refractivity contribution is -0.130. The summed E-state index contributed by atoms with van der Waals surface area (Å²) in [6.45, 7) is 4.74. The molecule has 1 aliphatic rings. The number of nitrogens with one attached hydrogen (secondary N) is 1. The van der Waals surface area contributed by atoms with Gasteiger partial charge >= 0.3 is 0 Å². The Morgan fingerprint density at radius 2 is 1.92 bits per heavy atom. The highest BCUT2D eigenvalue weighted by Crippen LogP contribution is 2.30. The first-order valence-electron chi connectivity index (χ1n) is 8.63. The zero-order chi connectivity index (χ0) is 18.4. The Morgan fingerprint density at radius 1 is 1.19 bits per heavy atom. The predicted molar refractivity (Wildman–Crippen MR) is 98.9 cm³/mol. The van der Waals surface area contributed by atoms with Crippen LogP contribution in [-0.4, -0.2) is 30.9 Å². The first-order valence-corrected chi connectivity index (χ1v) is 8.63. The van der Waals surface area contributed by atoms with Gasteiger partial charge in [-0.25, -0.2) is 5.43 Å². The van der Waals surface area contributed by atoms with E-state index in [1.54, 1.807) is 12.1 Å². The number of amides is 1. The summed E-state index contributed by atoms with van der Waals surface area (Å²) in [5, 5.41) is 4.16. The van der Waals surface area contributed by atoms with Crippen LogP contribution in [0.4, 0.5) is 0 Å². The first-order chi connectivity index (χ1) is 12.7. The van der Waals surface area contributed by atoms with E-state index in [2.05, 4.69) is 17.5 Å². The number of carbonyl (C=O) groups excluding carboxylic acids is 1. The molecule has 0 bridgehead atoms. The van der Waals surface area contributed by atoms with Gasteiger partial charge in [0.15, 0.2) is 11.5 Å². The molecule has 136 valence electrons. The van der Waals surface area contributed by atoms with Gasteiger partial charge in [-0.1, -0.05) is 19.1 Å². The van der Waals surface area contributed by atoms with Crippen molar-refractivity contribution in [2.24, 2.45) is 5.10 Å². The Bertz CT molecular complexity index is 787. The first kappa shape index (κ1) is 17.8. The average Bonchev–Trinajstić information content (AvgIpc) is 2.70. The van der Waals surface area contributed by atoms with Crippen LogP contribution in [-0.2, 0) is 4.79 Å². The van der Waals surface area contributed by atoms with Crippen LogP contribution in [0.15, 0.2) is 53.6 Å². The lowest BCUT2D eigenvalue weighted by atomic mass is 10.1. The summed E-state index contributed by atoms with van der Waals surface area (Å²) in [5.74, 6) is 1.67. The smallest absolute Gasteiger partial charge is 0.284 e. The lowest BCUT2D eigenvalue weighted by Crippen LogP contribution is -2.42. The summed E-state index contributed by atoms with van der Waals surface area (Å²) in [4.78, 5) is 12.3. The van der Waals surface area contributed by atoms with Crippen LogP contribution in [0.1, 0.15) is 25.8 Å². The second kappa shape index (κ2) is 8.38. The summed E-state index contributed by atoms with van der Waals surface area (Å²) in [5.41, 5.74) is 4.14. The molecule has 1 aliphatic heterocycles. The summed E-state index contributed by atoms with van der Waals surface area (Å²) in [6, 6.07) is 14.9. The quantitative estimate of drug-likeness (QED) is 0.639. The van der Waals surface area contributed by atoms with Gasteiger partial charge in [0.25, 0.3) is 5.91 Å². The highest BCUT2D eigenvalue weighted by atomic mass is 16.6. The molecule has 0 aliphatic carbocycles. The number of carbonyl (C=O) groups is 1. The summed E-state index contributed by atoms with van der Waals surface area (Å²) < 4.78 is 16.8. The molecule has 26 heavy (non-hydrogen) atoms. The normalized spacial score (nSPS) is 16.1. The van der Waals surface area contributed by atoms with Gasteiger partial charge in [-0.15, -0.1) is 0 Å². The van der Waals surface area contributed by atoms with Gasteiger partial charge in [0.05, 0.1) is 12.3 Å². The summed E-state index contributed by atoms with van der Waals surface area (Å²) in [6.07, 6.45) is 0.234. The van der Waals surface area contributed by atoms with Crippen LogP contribution in [0, 0.1) is 0 Å². The standard InChI is InChI=1S/C20H22N2O4/c1-3-12-24-16-10-8-15(9-11-16)14(2)21-22-20(23)19-13-25-17-6-4-5-7-18(17)26-19/h4-11,19H,3,12-13H2,1-2H3,(H,22,23)/b21-14-/t19-/m0/s1. The Labute approximate surface area is 152 Å². The molecule has 2 aromatic carbocycles. The van der Waals surface area contributed by atoms with Gasteiger partial charge in [0, 0.05) is 0 Å². The minimum Gasteiger partial charge on any atom is -0.494 e. The number of ether oxygens (including phenoxy) is 3. The molecule has 0 fully saturated rings. The van der Waals surface area contributed by atoms with Crippen molar-refractivity contribution in [1.82, 2.24) is 5.43 Å². The van der Waals surface area contributed by atoms with Gasteiger partial charge < -0.3 is 14.2 Å². The van der Waals surface area contributed by atoms with Crippen molar-refractivity contribution in [2.45, 2.75) is 26.4 Å². The molecule has 0 spiro atoms. The van der Waals surface area contributed by atoms with Crippen LogP contribution in [0.2, 0.25) is 0 Å². The maximum absolute atomic E-state index is 12.3. The van der Waals surface area contributed by atoms with Gasteiger partial charge in [0.2, 0.25) is 6.10 Å². The second-order valence-electron chi connectivity index (χ2n) is 5.91. The van der Waals surface area contributed by atoms with Crippen molar-refractivity contribution in [3.05, 3.63) is 54.1 Å². The molecular weight excluding hydrogens is 332 g/mol. The second-order valence-corrected chi connectivity index (χ2v) is 5.91.